The molecule has 3 aromatic rings. The van der Waals surface area contributed by atoms with Crippen LogP contribution in [0.4, 0.5) is 0 Å². The van der Waals surface area contributed by atoms with E-state index in [1.54, 1.807) is 11.3 Å². The van der Waals surface area contributed by atoms with Gasteiger partial charge in [0.05, 0.1) is 4.88 Å². The van der Waals surface area contributed by atoms with Gasteiger partial charge in [-0.15, -0.1) is 11.3 Å². The Labute approximate surface area is 192 Å². The molecule has 2 aromatic heterocycles. The van der Waals surface area contributed by atoms with Crippen molar-refractivity contribution in [2.75, 3.05) is 26.2 Å². The Hall–Kier alpha value is -2.49. The van der Waals surface area contributed by atoms with Crippen LogP contribution in [0.3, 0.4) is 0 Å². The van der Waals surface area contributed by atoms with Gasteiger partial charge < -0.3 is 15.0 Å². The lowest BCUT2D eigenvalue weighted by Crippen LogP contribution is -2.28. The van der Waals surface area contributed by atoms with Crippen LogP contribution in [0, 0.1) is 4.77 Å². The van der Waals surface area contributed by atoms with Crippen LogP contribution in [0.5, 0.6) is 5.75 Å². The number of benzene rings is 1. The van der Waals surface area contributed by atoms with Crippen LogP contribution in [0.25, 0.3) is 10.7 Å². The molecule has 1 amide bonds. The first-order valence-electron chi connectivity index (χ1n) is 10.5. The summed E-state index contributed by atoms with van der Waals surface area (Å²) in [5.41, 5.74) is 0.967. The summed E-state index contributed by atoms with van der Waals surface area (Å²) in [6.07, 6.45) is 0.317. The first-order chi connectivity index (χ1) is 15.1. The number of para-hydroxylation sites is 1. The number of hydrogen-bond donors (Lipinski definition) is 2. The summed E-state index contributed by atoms with van der Waals surface area (Å²) >= 11 is 6.92. The number of hydrogen-bond acceptors (Lipinski definition) is 6. The molecule has 2 N–H and O–H groups in total. The molecule has 0 aliphatic carbocycles. The fourth-order valence-corrected chi connectivity index (χ4v) is 4.18. The van der Waals surface area contributed by atoms with Gasteiger partial charge in [0.1, 0.15) is 12.4 Å². The van der Waals surface area contributed by atoms with E-state index in [9.17, 15) is 4.79 Å². The number of rotatable bonds is 12. The summed E-state index contributed by atoms with van der Waals surface area (Å²) in [6.45, 7) is 8.70. The van der Waals surface area contributed by atoms with Gasteiger partial charge in [-0.3, -0.25) is 14.5 Å². The van der Waals surface area contributed by atoms with E-state index in [0.29, 0.717) is 30.9 Å². The van der Waals surface area contributed by atoms with Crippen LogP contribution < -0.4 is 10.1 Å². The Morgan fingerprint density at radius 3 is 2.81 bits per heavy atom. The Morgan fingerprint density at radius 1 is 1.26 bits per heavy atom. The Kier molecular flexibility index (Phi) is 8.81. The highest BCUT2D eigenvalue weighted by Crippen LogP contribution is 2.23. The predicted molar refractivity (Wildman–Crippen MR) is 127 cm³/mol. The van der Waals surface area contributed by atoms with Crippen LogP contribution in [-0.4, -0.2) is 51.8 Å². The number of amides is 1. The summed E-state index contributed by atoms with van der Waals surface area (Å²) in [5.74, 6) is 1.53. The quantitative estimate of drug-likeness (QED) is 0.399. The molecule has 0 saturated heterocycles. The molecule has 0 atom stereocenters. The SMILES string of the molecule is CCN(CC)CCOc1ccccc1CNC(=O)CCn1c(-c2cccs2)n[nH]c1=S. The van der Waals surface area contributed by atoms with Gasteiger partial charge in [-0.25, -0.2) is 0 Å². The van der Waals surface area contributed by atoms with E-state index in [-0.39, 0.29) is 5.91 Å². The summed E-state index contributed by atoms with van der Waals surface area (Å²) < 4.78 is 8.36. The maximum absolute atomic E-state index is 12.5. The minimum absolute atomic E-state index is 0.0434. The largest absolute Gasteiger partial charge is 0.492 e. The average Bonchev–Trinajstić information content (AvgIpc) is 3.44. The molecule has 0 unspecified atom stereocenters. The van der Waals surface area contributed by atoms with Gasteiger partial charge in [0, 0.05) is 31.6 Å². The minimum atomic E-state index is -0.0434. The topological polar surface area (TPSA) is 75.2 Å². The van der Waals surface area contributed by atoms with Crippen molar-refractivity contribution in [3.05, 3.63) is 52.1 Å². The Bertz CT molecular complexity index is 1010. The molecule has 0 aliphatic heterocycles. The molecule has 3 rings (SSSR count). The molecule has 0 saturated carbocycles. The van der Waals surface area contributed by atoms with Gasteiger partial charge in [-0.1, -0.05) is 38.1 Å². The van der Waals surface area contributed by atoms with E-state index in [4.69, 9.17) is 17.0 Å². The highest BCUT2D eigenvalue weighted by molar-refractivity contribution is 7.71. The van der Waals surface area contributed by atoms with E-state index in [1.807, 2.05) is 46.3 Å². The maximum Gasteiger partial charge on any atom is 0.222 e. The number of carbonyl (C=O) groups excluding carboxylic acids is 1. The second-order valence-electron chi connectivity index (χ2n) is 6.99. The highest BCUT2D eigenvalue weighted by Gasteiger charge is 2.12. The van der Waals surface area contributed by atoms with Gasteiger partial charge in [0.15, 0.2) is 10.6 Å². The van der Waals surface area contributed by atoms with Gasteiger partial charge in [0.25, 0.3) is 0 Å². The highest BCUT2D eigenvalue weighted by atomic mass is 32.1. The number of aromatic nitrogens is 3. The number of likely N-dealkylation sites (N-methyl/N-ethyl adjacent to an activating group) is 1. The van der Waals surface area contributed by atoms with Gasteiger partial charge in [0.2, 0.25) is 5.91 Å². The van der Waals surface area contributed by atoms with Crippen molar-refractivity contribution >= 4 is 29.5 Å². The first-order valence-corrected chi connectivity index (χ1v) is 11.8. The second-order valence-corrected chi connectivity index (χ2v) is 8.33. The van der Waals surface area contributed by atoms with Crippen molar-refractivity contribution in [1.82, 2.24) is 25.0 Å². The van der Waals surface area contributed by atoms with Crippen LogP contribution in [0.15, 0.2) is 41.8 Å². The lowest BCUT2D eigenvalue weighted by molar-refractivity contribution is -0.121. The summed E-state index contributed by atoms with van der Waals surface area (Å²) in [6, 6.07) is 11.8. The average molecular weight is 460 g/mol. The van der Waals surface area contributed by atoms with E-state index in [1.165, 1.54) is 0 Å². The predicted octanol–water partition coefficient (Wildman–Crippen LogP) is 4.10. The molecule has 9 heteroatoms. The fraction of sp³-hybridized carbons (Fsp3) is 0.409. The zero-order valence-corrected chi connectivity index (χ0v) is 19.6. The molecular weight excluding hydrogens is 430 g/mol. The lowest BCUT2D eigenvalue weighted by atomic mass is 10.2. The molecule has 7 nitrogen and oxygen atoms in total. The zero-order valence-electron chi connectivity index (χ0n) is 18.0. The van der Waals surface area contributed by atoms with E-state index >= 15 is 0 Å². The van der Waals surface area contributed by atoms with Crippen LogP contribution in [0.2, 0.25) is 0 Å². The molecule has 0 radical (unpaired) electrons. The standard InChI is InChI=1S/C22H29N5O2S2/c1-3-26(4-2)13-14-29-18-9-6-5-8-17(18)16-23-20(28)11-12-27-21(24-25-22(27)30)19-10-7-15-31-19/h5-10,15H,3-4,11-14,16H2,1-2H3,(H,23,28)(H,25,30). The number of thiophene rings is 1. The normalized spacial score (nSPS) is 11.1. The van der Waals surface area contributed by atoms with Crippen LogP contribution >= 0.6 is 23.6 Å². The van der Waals surface area contributed by atoms with Crippen molar-refractivity contribution in [3.8, 4) is 16.5 Å². The smallest absolute Gasteiger partial charge is 0.222 e. The molecule has 0 fully saturated rings. The van der Waals surface area contributed by atoms with Gasteiger partial charge in [-0.2, -0.15) is 5.10 Å². The number of carbonyl (C=O) groups is 1. The van der Waals surface area contributed by atoms with Crippen molar-refractivity contribution in [3.63, 3.8) is 0 Å². The molecule has 0 spiro atoms. The molecule has 0 aliphatic rings. The van der Waals surface area contributed by atoms with E-state index in [2.05, 4.69) is 34.3 Å². The summed E-state index contributed by atoms with van der Waals surface area (Å²) in [5, 5.41) is 12.1. The van der Waals surface area contributed by atoms with Gasteiger partial charge in [-0.05, 0) is 42.8 Å². The summed E-state index contributed by atoms with van der Waals surface area (Å²) in [4.78, 5) is 15.8. The molecule has 31 heavy (non-hydrogen) atoms. The van der Waals surface area contributed by atoms with Crippen LogP contribution in [-0.2, 0) is 17.9 Å². The number of aromatic amines is 1. The third-order valence-electron chi connectivity index (χ3n) is 5.07. The number of H-pyrrole nitrogens is 1. The molecule has 0 bridgehead atoms. The second kappa shape index (κ2) is 11.8. The first kappa shape index (κ1) is 23.2. The number of ether oxygens (including phenoxy) is 1. The Balaban J connectivity index is 1.52. The molecule has 166 valence electrons. The van der Waals surface area contributed by atoms with Crippen molar-refractivity contribution in [2.45, 2.75) is 33.4 Å². The molecular formula is C22H29N5O2S2. The number of nitrogens with zero attached hydrogens (tertiary/aromatic N) is 3. The fourth-order valence-electron chi connectivity index (χ4n) is 3.23. The van der Waals surface area contributed by atoms with E-state index < -0.39 is 0 Å². The van der Waals surface area contributed by atoms with Gasteiger partial charge >= 0.3 is 0 Å². The third kappa shape index (κ3) is 6.49. The third-order valence-corrected chi connectivity index (χ3v) is 6.25. The lowest BCUT2D eigenvalue weighted by Gasteiger charge is -2.19. The van der Waals surface area contributed by atoms with Crippen molar-refractivity contribution in [1.29, 1.82) is 0 Å². The van der Waals surface area contributed by atoms with Crippen LogP contribution in [0.1, 0.15) is 25.8 Å². The van der Waals surface area contributed by atoms with E-state index in [0.717, 1.165) is 41.6 Å². The molecule has 2 heterocycles. The number of nitrogens with one attached hydrogen (secondary N) is 2. The minimum Gasteiger partial charge on any atom is -0.492 e. The Morgan fingerprint density at radius 2 is 2.06 bits per heavy atom. The van der Waals surface area contributed by atoms with Crippen molar-refractivity contribution < 1.29 is 9.53 Å². The van der Waals surface area contributed by atoms with Crippen molar-refractivity contribution in [2.24, 2.45) is 0 Å². The summed E-state index contributed by atoms with van der Waals surface area (Å²) in [7, 11) is 0. The zero-order chi connectivity index (χ0) is 22.1. The molecule has 1 aromatic carbocycles. The monoisotopic (exact) mass is 459 g/mol. The maximum atomic E-state index is 12.5.